The first-order valence-corrected chi connectivity index (χ1v) is 9.12. The van der Waals surface area contributed by atoms with E-state index >= 15 is 0 Å². The number of carbonyl (C=O) groups is 1. The third-order valence-electron chi connectivity index (χ3n) is 6.91. The topological polar surface area (TPSA) is 37.3 Å². The second-order valence-electron chi connectivity index (χ2n) is 8.48. The first kappa shape index (κ1) is 17.7. The number of rotatable bonds is 6. The molecule has 0 bridgehead atoms. The zero-order chi connectivity index (χ0) is 16.4. The average Bonchev–Trinajstić information content (AvgIpc) is 2.46. The summed E-state index contributed by atoms with van der Waals surface area (Å²) in [6.07, 6.45) is 10.1. The fourth-order valence-corrected chi connectivity index (χ4v) is 5.49. The van der Waals surface area contributed by atoms with Crippen LogP contribution in [0.15, 0.2) is 12.2 Å². The van der Waals surface area contributed by atoms with Crippen molar-refractivity contribution in [3.63, 3.8) is 0 Å². The molecule has 0 saturated heterocycles. The number of hydrogen-bond donors (Lipinski definition) is 1. The molecule has 0 radical (unpaired) electrons. The summed E-state index contributed by atoms with van der Waals surface area (Å²) in [5.41, 5.74) is 1.51. The zero-order valence-electron chi connectivity index (χ0n) is 14.7. The molecule has 2 rings (SSSR count). The minimum absolute atomic E-state index is 0.136. The van der Waals surface area contributed by atoms with Gasteiger partial charge in [-0.2, -0.15) is 0 Å². The average molecular weight is 306 g/mol. The smallest absolute Gasteiger partial charge is 0.126 e. The van der Waals surface area contributed by atoms with Gasteiger partial charge in [-0.15, -0.1) is 0 Å². The lowest BCUT2D eigenvalue weighted by Crippen LogP contribution is -2.51. The van der Waals surface area contributed by atoms with Gasteiger partial charge in [0, 0.05) is 12.0 Å². The van der Waals surface area contributed by atoms with Crippen molar-refractivity contribution in [2.75, 3.05) is 6.61 Å². The highest BCUT2D eigenvalue weighted by Gasteiger charge is 2.54. The molecule has 2 aliphatic carbocycles. The van der Waals surface area contributed by atoms with E-state index in [1.54, 1.807) is 0 Å². The van der Waals surface area contributed by atoms with Crippen molar-refractivity contribution >= 4 is 6.29 Å². The highest BCUT2D eigenvalue weighted by molar-refractivity contribution is 5.60. The van der Waals surface area contributed by atoms with Gasteiger partial charge in [0.05, 0.1) is 0 Å². The van der Waals surface area contributed by atoms with Crippen LogP contribution in [0.3, 0.4) is 0 Å². The third kappa shape index (κ3) is 3.18. The number of aldehydes is 1. The number of aliphatic hydroxyl groups excluding tert-OH is 1. The molecule has 2 nitrogen and oxygen atoms in total. The number of hydrogen-bond acceptors (Lipinski definition) is 2. The van der Waals surface area contributed by atoms with E-state index in [1.165, 1.54) is 24.7 Å². The Morgan fingerprint density at radius 2 is 2.09 bits per heavy atom. The van der Waals surface area contributed by atoms with Crippen molar-refractivity contribution < 1.29 is 9.90 Å². The molecular weight excluding hydrogens is 272 g/mol. The quantitative estimate of drug-likeness (QED) is 0.567. The van der Waals surface area contributed by atoms with Gasteiger partial charge in [0.25, 0.3) is 0 Å². The maximum atomic E-state index is 11.8. The highest BCUT2D eigenvalue weighted by atomic mass is 16.3. The van der Waals surface area contributed by atoms with E-state index < -0.39 is 0 Å². The van der Waals surface area contributed by atoms with Gasteiger partial charge in [0.2, 0.25) is 0 Å². The number of fused-ring (bicyclic) bond motifs is 1. The van der Waals surface area contributed by atoms with Crippen LogP contribution in [0.25, 0.3) is 0 Å². The van der Waals surface area contributed by atoms with E-state index in [2.05, 4.69) is 27.4 Å². The molecule has 0 amide bonds. The van der Waals surface area contributed by atoms with Crippen molar-refractivity contribution in [2.24, 2.45) is 28.6 Å². The van der Waals surface area contributed by atoms with Gasteiger partial charge in [-0.05, 0) is 61.7 Å². The van der Waals surface area contributed by atoms with Crippen molar-refractivity contribution in [1.82, 2.24) is 0 Å². The fraction of sp³-hybridized carbons (Fsp3) is 0.850. The highest BCUT2D eigenvalue weighted by Crippen LogP contribution is 2.61. The standard InChI is InChI=1S/C20H34O2/c1-15(10-13-21)6-8-17-16(2)7-9-18-19(3,14-22)11-5-12-20(17,18)4/h14-15,17-18,21H,2,5-13H2,1,3-4H3/t15-,17+,18+,19-,20-/m1/s1. The summed E-state index contributed by atoms with van der Waals surface area (Å²) in [5.74, 6) is 1.63. The molecule has 0 heterocycles. The van der Waals surface area contributed by atoms with E-state index in [4.69, 9.17) is 5.11 Å². The lowest BCUT2D eigenvalue weighted by atomic mass is 9.47. The van der Waals surface area contributed by atoms with Gasteiger partial charge in [0.15, 0.2) is 0 Å². The van der Waals surface area contributed by atoms with Gasteiger partial charge in [-0.25, -0.2) is 0 Å². The zero-order valence-corrected chi connectivity index (χ0v) is 14.7. The molecule has 0 aliphatic heterocycles. The van der Waals surface area contributed by atoms with E-state index in [9.17, 15) is 4.79 Å². The first-order chi connectivity index (χ1) is 10.4. The molecule has 0 aromatic heterocycles. The minimum atomic E-state index is -0.136. The minimum Gasteiger partial charge on any atom is -0.396 e. The fourth-order valence-electron chi connectivity index (χ4n) is 5.49. The Balaban J connectivity index is 2.17. The van der Waals surface area contributed by atoms with Crippen LogP contribution >= 0.6 is 0 Å². The Hall–Kier alpha value is -0.630. The molecule has 22 heavy (non-hydrogen) atoms. The second kappa shape index (κ2) is 6.86. The van der Waals surface area contributed by atoms with Crippen molar-refractivity contribution in [3.05, 3.63) is 12.2 Å². The van der Waals surface area contributed by atoms with Crippen LogP contribution in [-0.4, -0.2) is 18.0 Å². The predicted molar refractivity (Wildman–Crippen MR) is 91.6 cm³/mol. The van der Waals surface area contributed by atoms with Crippen LogP contribution in [0.1, 0.15) is 72.1 Å². The van der Waals surface area contributed by atoms with Gasteiger partial charge < -0.3 is 9.90 Å². The Morgan fingerprint density at radius 3 is 2.73 bits per heavy atom. The molecule has 2 fully saturated rings. The molecule has 0 unspecified atom stereocenters. The largest absolute Gasteiger partial charge is 0.396 e. The van der Waals surface area contributed by atoms with E-state index in [0.717, 1.165) is 38.5 Å². The molecule has 0 aromatic carbocycles. The van der Waals surface area contributed by atoms with Gasteiger partial charge in [0.1, 0.15) is 6.29 Å². The maximum Gasteiger partial charge on any atom is 0.126 e. The molecule has 2 heteroatoms. The number of aliphatic hydroxyl groups is 1. The van der Waals surface area contributed by atoms with Crippen LogP contribution in [-0.2, 0) is 4.79 Å². The normalized spacial score (nSPS) is 40.1. The Morgan fingerprint density at radius 1 is 1.36 bits per heavy atom. The molecule has 126 valence electrons. The monoisotopic (exact) mass is 306 g/mol. The van der Waals surface area contributed by atoms with Crippen LogP contribution in [0, 0.1) is 28.6 Å². The van der Waals surface area contributed by atoms with Crippen molar-refractivity contribution in [2.45, 2.75) is 72.1 Å². The first-order valence-electron chi connectivity index (χ1n) is 9.12. The molecule has 1 N–H and O–H groups in total. The van der Waals surface area contributed by atoms with Gasteiger partial charge in [-0.3, -0.25) is 0 Å². The summed E-state index contributed by atoms with van der Waals surface area (Å²) in [7, 11) is 0. The van der Waals surface area contributed by atoms with Crippen LogP contribution in [0.2, 0.25) is 0 Å². The molecule has 5 atom stereocenters. The summed E-state index contributed by atoms with van der Waals surface area (Å²) < 4.78 is 0. The molecule has 0 aromatic rings. The summed E-state index contributed by atoms with van der Waals surface area (Å²) in [6, 6.07) is 0. The maximum absolute atomic E-state index is 11.8. The molecule has 0 spiro atoms. The summed E-state index contributed by atoms with van der Waals surface area (Å²) in [5, 5.41) is 9.11. The number of allylic oxidation sites excluding steroid dienone is 1. The molecular formula is C20H34O2. The summed E-state index contributed by atoms with van der Waals surface area (Å²) in [6.45, 7) is 11.5. The van der Waals surface area contributed by atoms with Crippen LogP contribution in [0.4, 0.5) is 0 Å². The van der Waals surface area contributed by atoms with E-state index in [-0.39, 0.29) is 17.4 Å². The van der Waals surface area contributed by atoms with Crippen molar-refractivity contribution in [1.29, 1.82) is 0 Å². The third-order valence-corrected chi connectivity index (χ3v) is 6.91. The SMILES string of the molecule is C=C1CC[C@@H]2[C@](C)(CCC[C@]2(C)C=O)[C@H]1CC[C@@H](C)CCO. The number of carbonyl (C=O) groups excluding carboxylic acids is 1. The molecule has 2 aliphatic rings. The lowest BCUT2D eigenvalue weighted by Gasteiger charge is -2.57. The lowest BCUT2D eigenvalue weighted by molar-refractivity contribution is -0.130. The second-order valence-corrected chi connectivity index (χ2v) is 8.48. The van der Waals surface area contributed by atoms with Gasteiger partial charge in [-0.1, -0.05) is 45.8 Å². The summed E-state index contributed by atoms with van der Waals surface area (Å²) in [4.78, 5) is 11.8. The van der Waals surface area contributed by atoms with Crippen LogP contribution in [0.5, 0.6) is 0 Å². The van der Waals surface area contributed by atoms with Crippen LogP contribution < -0.4 is 0 Å². The van der Waals surface area contributed by atoms with E-state index in [1.807, 2.05) is 0 Å². The van der Waals surface area contributed by atoms with Crippen molar-refractivity contribution in [3.8, 4) is 0 Å². The summed E-state index contributed by atoms with van der Waals surface area (Å²) >= 11 is 0. The Bertz CT molecular complexity index is 416. The van der Waals surface area contributed by atoms with E-state index in [0.29, 0.717) is 17.8 Å². The predicted octanol–water partition coefficient (Wildman–Crippen LogP) is 4.76. The molecule has 2 saturated carbocycles. The Kier molecular flexibility index (Phi) is 5.53. The Labute approximate surface area is 136 Å². The van der Waals surface area contributed by atoms with Gasteiger partial charge >= 0.3 is 0 Å².